The van der Waals surface area contributed by atoms with E-state index in [0.29, 0.717) is 24.6 Å². The van der Waals surface area contributed by atoms with Crippen molar-refractivity contribution < 1.29 is 10.2 Å². The average Bonchev–Trinajstić information content (AvgIpc) is 3.14. The van der Waals surface area contributed by atoms with Crippen LogP contribution in [0.25, 0.3) is 0 Å². The van der Waals surface area contributed by atoms with Crippen molar-refractivity contribution in [1.82, 2.24) is 0 Å². The Morgan fingerprint density at radius 3 is 1.11 bits per heavy atom. The van der Waals surface area contributed by atoms with Crippen LogP contribution in [0.4, 0.5) is 11.4 Å². The van der Waals surface area contributed by atoms with Crippen molar-refractivity contribution in [2.24, 2.45) is 35.5 Å². The number of hydrogen-bond donors (Lipinski definition) is 2. The summed E-state index contributed by atoms with van der Waals surface area (Å²) >= 11 is 0. The molecule has 8 bridgehead atoms. The second-order valence-corrected chi connectivity index (χ2v) is 19.6. The average molecular weight is 721 g/mol. The summed E-state index contributed by atoms with van der Waals surface area (Å²) in [6.45, 7) is 7.34. The third-order valence-corrected chi connectivity index (χ3v) is 15.5. The minimum Gasteiger partial charge on any atom is -0.507 e. The second kappa shape index (κ2) is 13.4. The van der Waals surface area contributed by atoms with Crippen LogP contribution in [0.15, 0.2) is 84.9 Å². The molecule has 0 atom stereocenters. The first-order chi connectivity index (χ1) is 26.2. The number of para-hydroxylation sites is 2. The number of aromatic hydroxyl groups is 2. The normalized spacial score (nSPS) is 31.6. The molecule has 4 heteroatoms. The van der Waals surface area contributed by atoms with Gasteiger partial charge in [0.2, 0.25) is 0 Å². The molecule has 2 N–H and O–H groups in total. The van der Waals surface area contributed by atoms with E-state index in [9.17, 15) is 10.2 Å². The standard InChI is InChI=1S/C50H60N2O2/c1-33-15-41(47(53)45(17-33)49-25-35-19-36(26-49)21-37(20-35)27-49)31-51(43-9-5-3-6-10-43)13-14-52(44-11-7-4-8-12-44)32-42-16-34(2)18-46(48(42)54)50-28-38-22-39(29-50)24-40(23-38)30-50/h3-12,15-18,35-40,53-54H,13-14,19-32H2,1-2H3. The molecule has 4 aromatic rings. The molecule has 0 unspecified atom stereocenters. The van der Waals surface area contributed by atoms with E-state index >= 15 is 0 Å². The third kappa shape index (κ3) is 6.20. The van der Waals surface area contributed by atoms with Gasteiger partial charge in [-0.3, -0.25) is 0 Å². The molecule has 282 valence electrons. The largest absolute Gasteiger partial charge is 0.507 e. The Hall–Kier alpha value is -3.92. The van der Waals surface area contributed by atoms with Crippen molar-refractivity contribution in [2.75, 3.05) is 22.9 Å². The van der Waals surface area contributed by atoms with Gasteiger partial charge in [-0.05, 0) is 162 Å². The van der Waals surface area contributed by atoms with Crippen molar-refractivity contribution in [1.29, 1.82) is 0 Å². The lowest BCUT2D eigenvalue weighted by Gasteiger charge is -2.57. The molecule has 0 saturated heterocycles. The summed E-state index contributed by atoms with van der Waals surface area (Å²) in [5.41, 5.74) is 9.73. The summed E-state index contributed by atoms with van der Waals surface area (Å²) in [6, 6.07) is 30.7. The molecule has 0 spiro atoms. The van der Waals surface area contributed by atoms with Crippen LogP contribution < -0.4 is 9.80 Å². The summed E-state index contributed by atoms with van der Waals surface area (Å²) < 4.78 is 0. The Kier molecular flexibility index (Phi) is 8.56. The van der Waals surface area contributed by atoms with E-state index in [-0.39, 0.29) is 10.8 Å². The van der Waals surface area contributed by atoms with Gasteiger partial charge in [0.25, 0.3) is 0 Å². The first-order valence-corrected chi connectivity index (χ1v) is 21.5. The lowest BCUT2D eigenvalue weighted by molar-refractivity contribution is -0.00636. The Bertz CT molecular complexity index is 1790. The van der Waals surface area contributed by atoms with Crippen LogP contribution >= 0.6 is 0 Å². The predicted octanol–water partition coefficient (Wildman–Crippen LogP) is 11.4. The Labute approximate surface area is 323 Å². The van der Waals surface area contributed by atoms with Gasteiger partial charge in [0.1, 0.15) is 11.5 Å². The van der Waals surface area contributed by atoms with Gasteiger partial charge in [-0.25, -0.2) is 0 Å². The van der Waals surface area contributed by atoms with Crippen LogP contribution in [0.1, 0.15) is 110 Å². The summed E-state index contributed by atoms with van der Waals surface area (Å²) in [5.74, 6) is 6.10. The van der Waals surface area contributed by atoms with E-state index in [1.54, 1.807) is 0 Å². The van der Waals surface area contributed by atoms with Crippen LogP contribution in [0.2, 0.25) is 0 Å². The lowest BCUT2D eigenvalue weighted by atomic mass is 9.48. The highest BCUT2D eigenvalue weighted by Gasteiger charge is 2.54. The summed E-state index contributed by atoms with van der Waals surface area (Å²) in [7, 11) is 0. The molecule has 54 heavy (non-hydrogen) atoms. The monoisotopic (exact) mass is 720 g/mol. The van der Waals surface area contributed by atoms with Gasteiger partial charge in [0, 0.05) is 59.8 Å². The van der Waals surface area contributed by atoms with Crippen molar-refractivity contribution >= 4 is 11.4 Å². The maximum Gasteiger partial charge on any atom is 0.124 e. The minimum absolute atomic E-state index is 0.145. The predicted molar refractivity (Wildman–Crippen MR) is 220 cm³/mol. The molecular formula is C50H60N2O2. The fraction of sp³-hybridized carbons (Fsp3) is 0.520. The first-order valence-electron chi connectivity index (χ1n) is 21.5. The number of phenolic OH excluding ortho intramolecular Hbond substituents is 2. The smallest absolute Gasteiger partial charge is 0.124 e. The van der Waals surface area contributed by atoms with Gasteiger partial charge in [-0.1, -0.05) is 71.8 Å². The Balaban J connectivity index is 0.952. The van der Waals surface area contributed by atoms with Crippen LogP contribution in [0.5, 0.6) is 11.5 Å². The quantitative estimate of drug-likeness (QED) is 0.162. The molecule has 0 aliphatic heterocycles. The number of nitrogens with zero attached hydrogens (tertiary/aromatic N) is 2. The summed E-state index contributed by atoms with van der Waals surface area (Å²) in [6.07, 6.45) is 15.9. The highest BCUT2D eigenvalue weighted by atomic mass is 16.3. The van der Waals surface area contributed by atoms with E-state index in [0.717, 1.165) is 59.7 Å². The minimum atomic E-state index is 0.145. The number of benzene rings is 4. The van der Waals surface area contributed by atoms with E-state index in [2.05, 4.69) is 109 Å². The SMILES string of the molecule is Cc1cc(CN(CCN(Cc2cc(C)cc(C34CC5CC(CC(C5)C3)C4)c2O)c2ccccc2)c2ccccc2)c(O)c(C23CC4CC(CC(C4)C2)C3)c1. The van der Waals surface area contributed by atoms with Gasteiger partial charge >= 0.3 is 0 Å². The van der Waals surface area contributed by atoms with E-state index in [1.165, 1.54) is 111 Å². The highest BCUT2D eigenvalue weighted by molar-refractivity contribution is 5.55. The van der Waals surface area contributed by atoms with Gasteiger partial charge in [0.15, 0.2) is 0 Å². The zero-order valence-corrected chi connectivity index (χ0v) is 32.6. The molecule has 0 aromatic heterocycles. The molecule has 12 rings (SSSR count). The van der Waals surface area contributed by atoms with Crippen molar-refractivity contribution in [2.45, 2.75) is 115 Å². The van der Waals surface area contributed by atoms with Crippen LogP contribution in [-0.4, -0.2) is 23.3 Å². The topological polar surface area (TPSA) is 46.9 Å². The van der Waals surface area contributed by atoms with Crippen molar-refractivity contribution in [3.05, 3.63) is 118 Å². The zero-order valence-electron chi connectivity index (χ0n) is 32.6. The van der Waals surface area contributed by atoms with Crippen molar-refractivity contribution in [3.63, 3.8) is 0 Å². The first kappa shape index (κ1) is 34.6. The number of phenols is 2. The maximum absolute atomic E-state index is 12.2. The van der Waals surface area contributed by atoms with E-state index < -0.39 is 0 Å². The molecule has 0 radical (unpaired) electrons. The summed E-state index contributed by atoms with van der Waals surface area (Å²) in [5, 5.41) is 24.5. The molecular weight excluding hydrogens is 661 g/mol. The van der Waals surface area contributed by atoms with Crippen LogP contribution in [-0.2, 0) is 23.9 Å². The van der Waals surface area contributed by atoms with Crippen LogP contribution in [0.3, 0.4) is 0 Å². The zero-order chi connectivity index (χ0) is 36.6. The molecule has 0 amide bonds. The highest BCUT2D eigenvalue weighted by Crippen LogP contribution is 2.63. The number of aryl methyl sites for hydroxylation is 2. The molecule has 8 aliphatic carbocycles. The van der Waals surface area contributed by atoms with Gasteiger partial charge in [0.05, 0.1) is 0 Å². The Morgan fingerprint density at radius 1 is 0.481 bits per heavy atom. The van der Waals surface area contributed by atoms with E-state index in [4.69, 9.17) is 0 Å². The maximum atomic E-state index is 12.2. The van der Waals surface area contributed by atoms with Gasteiger partial charge < -0.3 is 20.0 Å². The molecule has 4 aromatic carbocycles. The lowest BCUT2D eigenvalue weighted by Crippen LogP contribution is -2.48. The second-order valence-electron chi connectivity index (χ2n) is 19.6. The van der Waals surface area contributed by atoms with Crippen LogP contribution in [0, 0.1) is 49.4 Å². The van der Waals surface area contributed by atoms with Crippen molar-refractivity contribution in [3.8, 4) is 11.5 Å². The molecule has 8 saturated carbocycles. The van der Waals surface area contributed by atoms with Gasteiger partial charge in [-0.15, -0.1) is 0 Å². The molecule has 8 fully saturated rings. The molecule has 0 heterocycles. The fourth-order valence-corrected chi connectivity index (χ4v) is 14.2. The van der Waals surface area contributed by atoms with Gasteiger partial charge in [-0.2, -0.15) is 0 Å². The molecule has 8 aliphatic rings. The Morgan fingerprint density at radius 2 is 0.796 bits per heavy atom. The van der Waals surface area contributed by atoms with E-state index in [1.807, 2.05) is 0 Å². The number of anilines is 2. The third-order valence-electron chi connectivity index (χ3n) is 15.5. The fourth-order valence-electron chi connectivity index (χ4n) is 14.2. The summed E-state index contributed by atoms with van der Waals surface area (Å²) in [4.78, 5) is 4.93. The number of hydrogen-bond acceptors (Lipinski definition) is 4. The molecule has 4 nitrogen and oxygen atoms in total. The number of rotatable bonds is 11.